The molecule has 0 radical (unpaired) electrons. The third-order valence-electron chi connectivity index (χ3n) is 5.93. The van der Waals surface area contributed by atoms with Crippen LogP contribution in [0.25, 0.3) is 22.0 Å². The van der Waals surface area contributed by atoms with E-state index in [9.17, 15) is 4.79 Å². The fourth-order valence-electron chi connectivity index (χ4n) is 4.10. The lowest BCUT2D eigenvalue weighted by molar-refractivity contribution is 0.0622. The van der Waals surface area contributed by atoms with Crippen molar-refractivity contribution in [3.8, 4) is 11.1 Å². The zero-order chi connectivity index (χ0) is 21.8. The van der Waals surface area contributed by atoms with E-state index >= 15 is 0 Å². The summed E-state index contributed by atoms with van der Waals surface area (Å²) < 4.78 is 10.6. The minimum Gasteiger partial charge on any atom is -0.381 e. The molecule has 1 aliphatic heterocycles. The van der Waals surface area contributed by atoms with E-state index in [1.807, 2.05) is 36.5 Å². The number of rotatable bonds is 7. The second-order valence-electron chi connectivity index (χ2n) is 8.00. The first kappa shape index (κ1) is 21.2. The average Bonchev–Trinajstić information content (AvgIpc) is 2.80. The standard InChI is InChI=1S/C24H28N4O3/c1-15(16-7-9-31-10-8-16)28-23-20-11-17(18-3-5-19(14-30-2)26-12-18)4-6-22(20)27-13-21(23)24(25)29/h3-6,11-13,15-16H,7-10,14H2,1-2H3,(H2,25,29)(H,27,28)/t15-/m0/s1. The molecule has 0 saturated carbocycles. The molecule has 0 spiro atoms. The first-order chi connectivity index (χ1) is 15.1. The van der Waals surface area contributed by atoms with Crippen LogP contribution >= 0.6 is 0 Å². The van der Waals surface area contributed by atoms with Crippen molar-refractivity contribution in [1.29, 1.82) is 0 Å². The normalized spacial score (nSPS) is 15.7. The van der Waals surface area contributed by atoms with Crippen LogP contribution in [0.3, 0.4) is 0 Å². The summed E-state index contributed by atoms with van der Waals surface area (Å²) in [5.41, 5.74) is 10.5. The van der Waals surface area contributed by atoms with Gasteiger partial charge in [0.15, 0.2) is 0 Å². The number of methoxy groups -OCH3 is 1. The molecular formula is C24H28N4O3. The average molecular weight is 421 g/mol. The van der Waals surface area contributed by atoms with Crippen LogP contribution in [-0.2, 0) is 16.1 Å². The van der Waals surface area contributed by atoms with Crippen LogP contribution in [0.15, 0.2) is 42.7 Å². The Labute approximate surface area is 182 Å². The van der Waals surface area contributed by atoms with Gasteiger partial charge in [-0.15, -0.1) is 0 Å². The Bertz CT molecular complexity index is 1060. The van der Waals surface area contributed by atoms with Gasteiger partial charge in [0.2, 0.25) is 0 Å². The highest BCUT2D eigenvalue weighted by Crippen LogP contribution is 2.32. The Balaban J connectivity index is 1.73. The van der Waals surface area contributed by atoms with E-state index in [0.29, 0.717) is 18.1 Å². The molecule has 1 aromatic carbocycles. The molecule has 1 fully saturated rings. The molecule has 7 heteroatoms. The van der Waals surface area contributed by atoms with E-state index in [1.54, 1.807) is 13.3 Å². The molecule has 3 aromatic rings. The zero-order valence-electron chi connectivity index (χ0n) is 17.9. The summed E-state index contributed by atoms with van der Waals surface area (Å²) in [5.74, 6) is -0.0227. The first-order valence-electron chi connectivity index (χ1n) is 10.6. The van der Waals surface area contributed by atoms with Gasteiger partial charge in [0.05, 0.1) is 29.1 Å². The molecule has 31 heavy (non-hydrogen) atoms. The van der Waals surface area contributed by atoms with Crippen LogP contribution in [0, 0.1) is 5.92 Å². The van der Waals surface area contributed by atoms with E-state index in [4.69, 9.17) is 15.2 Å². The van der Waals surface area contributed by atoms with Gasteiger partial charge in [-0.25, -0.2) is 0 Å². The Morgan fingerprint density at radius 1 is 1.19 bits per heavy atom. The molecule has 1 aliphatic rings. The molecule has 1 amide bonds. The number of carbonyl (C=O) groups is 1. The second-order valence-corrected chi connectivity index (χ2v) is 8.00. The van der Waals surface area contributed by atoms with Crippen LogP contribution in [0.5, 0.6) is 0 Å². The summed E-state index contributed by atoms with van der Waals surface area (Å²) in [4.78, 5) is 21.1. The Kier molecular flexibility index (Phi) is 6.44. The first-order valence-corrected chi connectivity index (χ1v) is 10.6. The summed E-state index contributed by atoms with van der Waals surface area (Å²) in [7, 11) is 1.65. The molecule has 2 aromatic heterocycles. The van der Waals surface area contributed by atoms with E-state index in [-0.39, 0.29) is 6.04 Å². The Hall–Kier alpha value is -3.03. The predicted molar refractivity (Wildman–Crippen MR) is 121 cm³/mol. The molecule has 3 heterocycles. The molecule has 3 N–H and O–H groups in total. The molecule has 7 nitrogen and oxygen atoms in total. The van der Waals surface area contributed by atoms with Crippen LogP contribution < -0.4 is 11.1 Å². The number of anilines is 1. The molecular weight excluding hydrogens is 392 g/mol. The van der Waals surface area contributed by atoms with Gasteiger partial charge in [-0.05, 0) is 49.4 Å². The second kappa shape index (κ2) is 9.41. The number of primary amides is 1. The summed E-state index contributed by atoms with van der Waals surface area (Å²) in [6, 6.07) is 10.2. The molecule has 1 saturated heterocycles. The topological polar surface area (TPSA) is 99.4 Å². The highest BCUT2D eigenvalue weighted by molar-refractivity contribution is 6.07. The van der Waals surface area contributed by atoms with Crippen molar-refractivity contribution >= 4 is 22.5 Å². The van der Waals surface area contributed by atoms with Crippen LogP contribution in [-0.4, -0.2) is 42.2 Å². The van der Waals surface area contributed by atoms with Crippen molar-refractivity contribution in [2.45, 2.75) is 32.4 Å². The van der Waals surface area contributed by atoms with E-state index < -0.39 is 5.91 Å². The highest BCUT2D eigenvalue weighted by Gasteiger charge is 2.23. The summed E-state index contributed by atoms with van der Waals surface area (Å²) in [5, 5.41) is 4.45. The Morgan fingerprint density at radius 3 is 2.65 bits per heavy atom. The monoisotopic (exact) mass is 420 g/mol. The van der Waals surface area contributed by atoms with E-state index in [2.05, 4.69) is 22.2 Å². The number of ether oxygens (including phenoxy) is 2. The van der Waals surface area contributed by atoms with Crippen LogP contribution in [0.4, 0.5) is 5.69 Å². The van der Waals surface area contributed by atoms with Gasteiger partial charge < -0.3 is 20.5 Å². The maximum absolute atomic E-state index is 12.2. The number of aromatic nitrogens is 2. The third-order valence-corrected chi connectivity index (χ3v) is 5.93. The van der Waals surface area contributed by atoms with Crippen LogP contribution in [0.1, 0.15) is 35.8 Å². The van der Waals surface area contributed by atoms with Gasteiger partial charge in [0.1, 0.15) is 0 Å². The van der Waals surface area contributed by atoms with Crippen LogP contribution in [0.2, 0.25) is 0 Å². The molecule has 4 rings (SSSR count). The SMILES string of the molecule is COCc1ccc(-c2ccc3ncc(C(N)=O)c(N[C@@H](C)C4CCOCC4)c3c2)cn1. The summed E-state index contributed by atoms with van der Waals surface area (Å²) in [6.07, 6.45) is 5.38. The van der Waals surface area contributed by atoms with Gasteiger partial charge in [0, 0.05) is 49.7 Å². The van der Waals surface area contributed by atoms with E-state index in [1.165, 1.54) is 0 Å². The molecule has 0 unspecified atom stereocenters. The largest absolute Gasteiger partial charge is 0.381 e. The number of nitrogens with zero attached hydrogens (tertiary/aromatic N) is 2. The number of benzene rings is 1. The predicted octanol–water partition coefficient (Wildman–Crippen LogP) is 3.77. The van der Waals surface area contributed by atoms with Crippen molar-refractivity contribution in [1.82, 2.24) is 9.97 Å². The number of pyridine rings is 2. The summed E-state index contributed by atoms with van der Waals surface area (Å²) >= 11 is 0. The maximum atomic E-state index is 12.2. The number of amides is 1. The van der Waals surface area contributed by atoms with Crippen molar-refractivity contribution in [2.24, 2.45) is 11.7 Å². The number of fused-ring (bicyclic) bond motifs is 1. The van der Waals surface area contributed by atoms with E-state index in [0.717, 1.165) is 59.5 Å². The number of carbonyl (C=O) groups excluding carboxylic acids is 1. The van der Waals surface area contributed by atoms with Crippen molar-refractivity contribution in [3.05, 3.63) is 54.0 Å². The lowest BCUT2D eigenvalue weighted by Gasteiger charge is -2.30. The minimum atomic E-state index is -0.493. The molecule has 1 atom stereocenters. The maximum Gasteiger partial charge on any atom is 0.252 e. The smallest absolute Gasteiger partial charge is 0.252 e. The highest BCUT2D eigenvalue weighted by atomic mass is 16.5. The van der Waals surface area contributed by atoms with Gasteiger partial charge in [-0.2, -0.15) is 0 Å². The van der Waals surface area contributed by atoms with Gasteiger partial charge >= 0.3 is 0 Å². The Morgan fingerprint density at radius 2 is 1.97 bits per heavy atom. The lowest BCUT2D eigenvalue weighted by atomic mass is 9.92. The lowest BCUT2D eigenvalue weighted by Crippen LogP contribution is -2.32. The molecule has 0 aliphatic carbocycles. The van der Waals surface area contributed by atoms with Crippen molar-refractivity contribution < 1.29 is 14.3 Å². The quantitative estimate of drug-likeness (QED) is 0.604. The molecule has 0 bridgehead atoms. The fraction of sp³-hybridized carbons (Fsp3) is 0.375. The number of nitrogens with two attached hydrogens (primary N) is 1. The van der Waals surface area contributed by atoms with Crippen molar-refractivity contribution in [3.63, 3.8) is 0 Å². The number of hydrogen-bond acceptors (Lipinski definition) is 6. The fourth-order valence-corrected chi connectivity index (χ4v) is 4.10. The minimum absolute atomic E-state index is 0.172. The van der Waals surface area contributed by atoms with Gasteiger partial charge in [-0.1, -0.05) is 12.1 Å². The number of nitrogens with one attached hydrogen (secondary N) is 1. The molecule has 162 valence electrons. The summed E-state index contributed by atoms with van der Waals surface area (Å²) in [6.45, 7) is 4.16. The van der Waals surface area contributed by atoms with Crippen molar-refractivity contribution in [2.75, 3.05) is 25.6 Å². The van der Waals surface area contributed by atoms with Gasteiger partial charge in [0.25, 0.3) is 5.91 Å². The zero-order valence-corrected chi connectivity index (χ0v) is 17.9. The number of hydrogen-bond donors (Lipinski definition) is 2. The third kappa shape index (κ3) is 4.68. The van der Waals surface area contributed by atoms with Gasteiger partial charge in [-0.3, -0.25) is 14.8 Å².